The Labute approximate surface area is 121 Å². The zero-order valence-electron chi connectivity index (χ0n) is 11.1. The fourth-order valence-corrected chi connectivity index (χ4v) is 2.54. The third kappa shape index (κ3) is 3.70. The number of terminal acetylenes is 1. The quantitative estimate of drug-likeness (QED) is 0.629. The van der Waals surface area contributed by atoms with Crippen LogP contribution in [0.25, 0.3) is 10.2 Å². The summed E-state index contributed by atoms with van der Waals surface area (Å²) in [6, 6.07) is 5.66. The number of ether oxygens (including phenoxy) is 1. The lowest BCUT2D eigenvalue weighted by molar-refractivity contribution is -0.115. The van der Waals surface area contributed by atoms with Crippen molar-refractivity contribution in [3.8, 4) is 18.1 Å². The molecule has 1 heterocycles. The van der Waals surface area contributed by atoms with Gasteiger partial charge in [0.2, 0.25) is 5.91 Å². The van der Waals surface area contributed by atoms with Gasteiger partial charge in [-0.3, -0.25) is 10.1 Å². The van der Waals surface area contributed by atoms with Gasteiger partial charge in [0.05, 0.1) is 29.9 Å². The number of amides is 1. The van der Waals surface area contributed by atoms with Gasteiger partial charge in [-0.1, -0.05) is 17.3 Å². The van der Waals surface area contributed by atoms with E-state index in [1.807, 2.05) is 25.1 Å². The van der Waals surface area contributed by atoms with E-state index in [9.17, 15) is 4.79 Å². The molecule has 0 aliphatic carbocycles. The Bertz CT molecular complexity index is 645. The van der Waals surface area contributed by atoms with E-state index in [1.165, 1.54) is 11.3 Å². The number of thiazole rings is 1. The minimum atomic E-state index is -0.163. The molecule has 0 spiro atoms. The van der Waals surface area contributed by atoms with Crippen LogP contribution in [0.5, 0.6) is 5.75 Å². The molecule has 1 aromatic carbocycles. The van der Waals surface area contributed by atoms with Crippen molar-refractivity contribution < 1.29 is 9.53 Å². The van der Waals surface area contributed by atoms with Gasteiger partial charge in [-0.15, -0.1) is 6.42 Å². The van der Waals surface area contributed by atoms with E-state index in [0.29, 0.717) is 18.3 Å². The van der Waals surface area contributed by atoms with Gasteiger partial charge in [0, 0.05) is 0 Å². The van der Waals surface area contributed by atoms with Crippen molar-refractivity contribution in [3.05, 3.63) is 18.2 Å². The van der Waals surface area contributed by atoms with Crippen LogP contribution in [0.15, 0.2) is 18.2 Å². The van der Waals surface area contributed by atoms with Crippen LogP contribution in [0.3, 0.4) is 0 Å². The molecule has 0 saturated heterocycles. The topological polar surface area (TPSA) is 63.2 Å². The Morgan fingerprint density at radius 2 is 2.40 bits per heavy atom. The van der Waals surface area contributed by atoms with Crippen LogP contribution in [-0.2, 0) is 4.79 Å². The third-order valence-electron chi connectivity index (χ3n) is 2.43. The molecule has 0 fully saturated rings. The molecule has 6 heteroatoms. The Kier molecular flexibility index (Phi) is 4.93. The summed E-state index contributed by atoms with van der Waals surface area (Å²) in [6.45, 7) is 3.09. The van der Waals surface area contributed by atoms with Gasteiger partial charge in [-0.2, -0.15) is 0 Å². The highest BCUT2D eigenvalue weighted by atomic mass is 32.1. The summed E-state index contributed by atoms with van der Waals surface area (Å²) >= 11 is 1.41. The number of hydrogen-bond acceptors (Lipinski definition) is 5. The van der Waals surface area contributed by atoms with Gasteiger partial charge in [0.25, 0.3) is 0 Å². The van der Waals surface area contributed by atoms with Gasteiger partial charge in [0.1, 0.15) is 5.75 Å². The van der Waals surface area contributed by atoms with Crippen molar-refractivity contribution in [3.63, 3.8) is 0 Å². The van der Waals surface area contributed by atoms with Crippen LogP contribution < -0.4 is 15.4 Å². The highest BCUT2D eigenvalue weighted by Crippen LogP contribution is 2.29. The number of aromatic nitrogens is 1. The molecule has 0 aliphatic rings. The minimum Gasteiger partial charge on any atom is -0.494 e. The fourth-order valence-electron chi connectivity index (χ4n) is 1.63. The summed E-state index contributed by atoms with van der Waals surface area (Å²) in [5, 5.41) is 6.13. The van der Waals surface area contributed by atoms with E-state index in [0.717, 1.165) is 16.0 Å². The van der Waals surface area contributed by atoms with Crippen LogP contribution in [0.2, 0.25) is 0 Å². The monoisotopic (exact) mass is 289 g/mol. The molecular formula is C14H15N3O2S. The molecule has 0 atom stereocenters. The summed E-state index contributed by atoms with van der Waals surface area (Å²) < 4.78 is 6.41. The second kappa shape index (κ2) is 6.89. The van der Waals surface area contributed by atoms with Crippen molar-refractivity contribution in [1.29, 1.82) is 0 Å². The molecule has 1 amide bonds. The number of carbonyl (C=O) groups excluding carboxylic acids is 1. The van der Waals surface area contributed by atoms with E-state index >= 15 is 0 Å². The molecule has 0 unspecified atom stereocenters. The van der Waals surface area contributed by atoms with Crippen LogP contribution in [0.1, 0.15) is 6.92 Å². The van der Waals surface area contributed by atoms with Crippen LogP contribution in [-0.4, -0.2) is 30.6 Å². The maximum Gasteiger partial charge on any atom is 0.240 e. The number of nitrogens with one attached hydrogen (secondary N) is 2. The molecule has 0 radical (unpaired) electrons. The molecule has 20 heavy (non-hydrogen) atoms. The molecule has 5 nitrogen and oxygen atoms in total. The number of anilines is 1. The number of fused-ring (bicyclic) bond motifs is 1. The Morgan fingerprint density at radius 3 is 3.15 bits per heavy atom. The van der Waals surface area contributed by atoms with Crippen LogP contribution >= 0.6 is 11.3 Å². The zero-order valence-corrected chi connectivity index (χ0v) is 11.9. The predicted molar refractivity (Wildman–Crippen MR) is 81.1 cm³/mol. The molecule has 2 N–H and O–H groups in total. The number of nitrogens with zero attached hydrogens (tertiary/aromatic N) is 1. The molecule has 2 rings (SSSR count). The SMILES string of the molecule is C#CCNCC(=O)Nc1nc2ccc(OCC)cc2s1. The van der Waals surface area contributed by atoms with Gasteiger partial charge in [0.15, 0.2) is 5.13 Å². The molecule has 104 valence electrons. The van der Waals surface area contributed by atoms with E-state index in [-0.39, 0.29) is 12.5 Å². The van der Waals surface area contributed by atoms with Crippen molar-refractivity contribution >= 4 is 32.6 Å². The lowest BCUT2D eigenvalue weighted by atomic mass is 10.3. The van der Waals surface area contributed by atoms with Crippen molar-refractivity contribution in [2.75, 3.05) is 25.0 Å². The van der Waals surface area contributed by atoms with E-state index < -0.39 is 0 Å². The number of benzene rings is 1. The third-order valence-corrected chi connectivity index (χ3v) is 3.36. The van der Waals surface area contributed by atoms with Crippen molar-refractivity contribution in [2.24, 2.45) is 0 Å². The minimum absolute atomic E-state index is 0.163. The molecule has 0 aliphatic heterocycles. The predicted octanol–water partition coefficient (Wildman–Crippen LogP) is 1.86. The second-order valence-corrected chi connectivity index (χ2v) is 4.97. The molecule has 0 saturated carbocycles. The normalized spacial score (nSPS) is 10.2. The Hall–Kier alpha value is -2.10. The van der Waals surface area contributed by atoms with Gasteiger partial charge < -0.3 is 10.1 Å². The average molecular weight is 289 g/mol. The van der Waals surface area contributed by atoms with E-state index in [2.05, 4.69) is 21.5 Å². The number of carbonyl (C=O) groups is 1. The lowest BCUT2D eigenvalue weighted by Gasteiger charge is -2.00. The summed E-state index contributed by atoms with van der Waals surface area (Å²) in [5.74, 6) is 3.05. The number of rotatable bonds is 6. The second-order valence-electron chi connectivity index (χ2n) is 3.94. The first kappa shape index (κ1) is 14.3. The van der Waals surface area contributed by atoms with Crippen molar-refractivity contribution in [1.82, 2.24) is 10.3 Å². The van der Waals surface area contributed by atoms with Crippen LogP contribution in [0, 0.1) is 12.3 Å². The number of hydrogen-bond donors (Lipinski definition) is 2. The first-order valence-electron chi connectivity index (χ1n) is 6.20. The Balaban J connectivity index is 2.04. The summed E-state index contributed by atoms with van der Waals surface area (Å²) in [6.07, 6.45) is 5.09. The maximum atomic E-state index is 11.6. The summed E-state index contributed by atoms with van der Waals surface area (Å²) in [5.41, 5.74) is 0.838. The maximum absolute atomic E-state index is 11.6. The standard InChI is InChI=1S/C14H15N3O2S/c1-3-7-15-9-13(18)17-14-16-11-6-5-10(19-4-2)8-12(11)20-14/h1,5-6,8,15H,4,7,9H2,2H3,(H,16,17,18). The fraction of sp³-hybridized carbons (Fsp3) is 0.286. The molecule has 0 bridgehead atoms. The summed E-state index contributed by atoms with van der Waals surface area (Å²) in [7, 11) is 0. The molecule has 2 aromatic rings. The highest BCUT2D eigenvalue weighted by Gasteiger charge is 2.08. The first-order chi connectivity index (χ1) is 9.72. The summed E-state index contributed by atoms with van der Waals surface area (Å²) in [4.78, 5) is 16.0. The first-order valence-corrected chi connectivity index (χ1v) is 7.02. The van der Waals surface area contributed by atoms with E-state index in [1.54, 1.807) is 0 Å². The zero-order chi connectivity index (χ0) is 14.4. The van der Waals surface area contributed by atoms with Crippen LogP contribution in [0.4, 0.5) is 5.13 Å². The van der Waals surface area contributed by atoms with Gasteiger partial charge >= 0.3 is 0 Å². The highest BCUT2D eigenvalue weighted by molar-refractivity contribution is 7.22. The average Bonchev–Trinajstić information content (AvgIpc) is 2.80. The van der Waals surface area contributed by atoms with Gasteiger partial charge in [-0.25, -0.2) is 4.98 Å². The van der Waals surface area contributed by atoms with E-state index in [4.69, 9.17) is 11.2 Å². The van der Waals surface area contributed by atoms with Gasteiger partial charge in [-0.05, 0) is 25.1 Å². The Morgan fingerprint density at radius 1 is 1.55 bits per heavy atom. The van der Waals surface area contributed by atoms with Crippen molar-refractivity contribution in [2.45, 2.75) is 6.92 Å². The smallest absolute Gasteiger partial charge is 0.240 e. The molecular weight excluding hydrogens is 274 g/mol. The lowest BCUT2D eigenvalue weighted by Crippen LogP contribution is -2.28. The molecule has 1 aromatic heterocycles. The largest absolute Gasteiger partial charge is 0.494 e.